The molecule has 0 aliphatic carbocycles. The van der Waals surface area contributed by atoms with E-state index in [0.717, 1.165) is 19.5 Å². The Morgan fingerprint density at radius 3 is 2.11 bits per heavy atom. The van der Waals surface area contributed by atoms with Crippen molar-refractivity contribution in [1.29, 1.82) is 0 Å². The van der Waals surface area contributed by atoms with Crippen LogP contribution in [-0.2, 0) is 9.53 Å². The number of hydrogen-bond acceptors (Lipinski definition) is 6. The van der Waals surface area contributed by atoms with E-state index in [4.69, 9.17) is 9.84 Å². The Labute approximate surface area is 124 Å². The largest absolute Gasteiger partial charge is 0.394 e. The molecule has 0 bridgehead atoms. The number of rotatable bonds is 9. The number of Topliss-reactive ketones (excluding diaryl/α,β-unsaturated/α-hetero) is 1. The molecule has 120 valence electrons. The Bertz CT molecular complexity index is 139. The number of aliphatic hydroxyl groups is 1. The molecule has 0 saturated heterocycles. The van der Waals surface area contributed by atoms with Crippen molar-refractivity contribution in [2.45, 2.75) is 47.5 Å². The Morgan fingerprint density at radius 1 is 1.16 bits per heavy atom. The average molecular weight is 298 g/mol. The van der Waals surface area contributed by atoms with Crippen molar-refractivity contribution >= 4 is 18.6 Å². The highest BCUT2D eigenvalue weighted by Crippen LogP contribution is 1.82. The molecule has 0 amide bonds. The van der Waals surface area contributed by atoms with Crippen LogP contribution in [0.2, 0.25) is 0 Å². The van der Waals surface area contributed by atoms with Crippen LogP contribution >= 0.6 is 12.8 Å². The van der Waals surface area contributed by atoms with Crippen LogP contribution in [0, 0.1) is 0 Å². The normalized spacial score (nSPS) is 8.00. The third-order valence-electron chi connectivity index (χ3n) is 1.53. The summed E-state index contributed by atoms with van der Waals surface area (Å²) in [4.78, 5) is 10.5. The van der Waals surface area contributed by atoms with E-state index < -0.39 is 0 Å². The second kappa shape index (κ2) is 36.1. The SMILES string of the molecule is CC.CC.CC(=O)CCNCCCOCCO.NS. The van der Waals surface area contributed by atoms with Gasteiger partial charge in [-0.15, -0.1) is 12.8 Å². The van der Waals surface area contributed by atoms with E-state index in [2.05, 4.69) is 23.3 Å². The van der Waals surface area contributed by atoms with Crippen LogP contribution in [0.25, 0.3) is 0 Å². The number of aliphatic hydroxyl groups excluding tert-OH is 1. The quantitative estimate of drug-likeness (QED) is 0.385. The molecule has 0 aliphatic heterocycles. The first-order chi connectivity index (χ1) is 9.27. The lowest BCUT2D eigenvalue weighted by Gasteiger charge is -2.03. The molecule has 4 N–H and O–H groups in total. The van der Waals surface area contributed by atoms with Gasteiger partial charge in [-0.25, -0.2) is 0 Å². The molecule has 6 heteroatoms. The molecule has 19 heavy (non-hydrogen) atoms. The van der Waals surface area contributed by atoms with Crippen LogP contribution < -0.4 is 10.5 Å². The van der Waals surface area contributed by atoms with E-state index in [1.165, 1.54) is 0 Å². The Kier molecular flexibility index (Phi) is 51.8. The first-order valence-electron chi connectivity index (χ1n) is 6.92. The van der Waals surface area contributed by atoms with Gasteiger partial charge in [-0.05, 0) is 19.9 Å². The van der Waals surface area contributed by atoms with Crippen molar-refractivity contribution < 1.29 is 14.6 Å². The average Bonchev–Trinajstić information content (AvgIpc) is 2.48. The van der Waals surface area contributed by atoms with Gasteiger partial charge >= 0.3 is 0 Å². The van der Waals surface area contributed by atoms with Gasteiger partial charge in [-0.3, -0.25) is 9.93 Å². The van der Waals surface area contributed by atoms with E-state index in [-0.39, 0.29) is 12.4 Å². The second-order valence-corrected chi connectivity index (χ2v) is 2.89. The van der Waals surface area contributed by atoms with Crippen LogP contribution in [0.4, 0.5) is 0 Å². The molecule has 0 heterocycles. The van der Waals surface area contributed by atoms with Crippen LogP contribution in [0.5, 0.6) is 0 Å². The summed E-state index contributed by atoms with van der Waals surface area (Å²) in [5, 5.41) is 15.7. The highest BCUT2D eigenvalue weighted by atomic mass is 32.1. The van der Waals surface area contributed by atoms with Crippen molar-refractivity contribution in [2.75, 3.05) is 32.9 Å². The summed E-state index contributed by atoms with van der Waals surface area (Å²) < 4.78 is 5.05. The Hall–Kier alpha value is -0.140. The minimum Gasteiger partial charge on any atom is -0.394 e. The lowest BCUT2D eigenvalue weighted by Crippen LogP contribution is -2.20. The van der Waals surface area contributed by atoms with Gasteiger partial charge in [-0.2, -0.15) is 0 Å². The summed E-state index contributed by atoms with van der Waals surface area (Å²) in [7, 11) is 0. The fourth-order valence-electron chi connectivity index (χ4n) is 0.855. The second-order valence-electron chi connectivity index (χ2n) is 2.89. The van der Waals surface area contributed by atoms with E-state index >= 15 is 0 Å². The smallest absolute Gasteiger partial charge is 0.131 e. The van der Waals surface area contributed by atoms with Gasteiger partial charge < -0.3 is 15.2 Å². The summed E-state index contributed by atoms with van der Waals surface area (Å²) in [6.07, 6.45) is 1.51. The van der Waals surface area contributed by atoms with E-state index in [1.807, 2.05) is 27.7 Å². The topological polar surface area (TPSA) is 84.6 Å². The van der Waals surface area contributed by atoms with Crippen LogP contribution in [0.1, 0.15) is 47.5 Å². The number of carbonyl (C=O) groups is 1. The maximum absolute atomic E-state index is 10.5. The van der Waals surface area contributed by atoms with Gasteiger partial charge in [0.15, 0.2) is 0 Å². The summed E-state index contributed by atoms with van der Waals surface area (Å²) in [6, 6.07) is 0. The monoisotopic (exact) mass is 298 g/mol. The molecule has 0 aromatic carbocycles. The minimum absolute atomic E-state index is 0.0811. The fourth-order valence-corrected chi connectivity index (χ4v) is 0.855. The van der Waals surface area contributed by atoms with Crippen molar-refractivity contribution in [3.63, 3.8) is 0 Å². The van der Waals surface area contributed by atoms with Crippen molar-refractivity contribution in [3.05, 3.63) is 0 Å². The summed E-state index contributed by atoms with van der Waals surface area (Å²) >= 11 is 3.03. The van der Waals surface area contributed by atoms with Gasteiger partial charge in [0.05, 0.1) is 13.2 Å². The molecular weight excluding hydrogens is 264 g/mol. The molecule has 0 rings (SSSR count). The lowest BCUT2D eigenvalue weighted by atomic mass is 10.3. The third-order valence-corrected chi connectivity index (χ3v) is 1.53. The maximum Gasteiger partial charge on any atom is 0.131 e. The Morgan fingerprint density at radius 2 is 1.68 bits per heavy atom. The van der Waals surface area contributed by atoms with Crippen LogP contribution in [0.15, 0.2) is 0 Å². The molecule has 0 atom stereocenters. The molecule has 0 radical (unpaired) electrons. The van der Waals surface area contributed by atoms with E-state index in [1.54, 1.807) is 6.92 Å². The molecule has 0 saturated carbocycles. The molecule has 0 aliphatic rings. The number of ketones is 1. The number of thiol groups is 1. The number of ether oxygens (including phenoxy) is 1. The highest BCUT2D eigenvalue weighted by Gasteiger charge is 1.92. The zero-order valence-corrected chi connectivity index (χ0v) is 14.1. The van der Waals surface area contributed by atoms with E-state index in [0.29, 0.717) is 19.6 Å². The lowest BCUT2D eigenvalue weighted by molar-refractivity contribution is -0.116. The number of nitrogens with one attached hydrogen (secondary N) is 1. The molecule has 0 fully saturated rings. The first-order valence-corrected chi connectivity index (χ1v) is 7.43. The summed E-state index contributed by atoms with van der Waals surface area (Å²) in [5.74, 6) is 0.212. The van der Waals surface area contributed by atoms with Gasteiger partial charge in [0.2, 0.25) is 0 Å². The molecular formula is C13H34N2O3S. The zero-order chi connectivity index (χ0) is 15.9. The third kappa shape index (κ3) is 46.2. The Balaban J connectivity index is -0.000000163. The predicted molar refractivity (Wildman–Crippen MR) is 86.6 cm³/mol. The summed E-state index contributed by atoms with van der Waals surface area (Å²) in [6.45, 7) is 12.3. The van der Waals surface area contributed by atoms with Gasteiger partial charge in [0.25, 0.3) is 0 Å². The van der Waals surface area contributed by atoms with Gasteiger partial charge in [0, 0.05) is 19.6 Å². The fraction of sp³-hybridized carbons (Fsp3) is 0.923. The zero-order valence-electron chi connectivity index (χ0n) is 13.2. The van der Waals surface area contributed by atoms with Crippen LogP contribution in [-0.4, -0.2) is 43.8 Å². The number of nitrogens with two attached hydrogens (primary N) is 1. The first kappa shape index (κ1) is 27.2. The van der Waals surface area contributed by atoms with Crippen molar-refractivity contribution in [2.24, 2.45) is 5.14 Å². The molecule has 0 aromatic heterocycles. The molecule has 0 unspecified atom stereocenters. The van der Waals surface area contributed by atoms with E-state index in [9.17, 15) is 4.79 Å². The number of carbonyl (C=O) groups excluding carboxylic acids is 1. The predicted octanol–water partition coefficient (Wildman–Crippen LogP) is 1.80. The van der Waals surface area contributed by atoms with Crippen molar-refractivity contribution in [1.82, 2.24) is 5.32 Å². The molecule has 0 spiro atoms. The molecule has 0 aromatic rings. The van der Waals surface area contributed by atoms with Gasteiger partial charge in [-0.1, -0.05) is 27.7 Å². The highest BCUT2D eigenvalue weighted by molar-refractivity contribution is 7.77. The standard InChI is InChI=1S/C9H19NO3.2C2H6.H3NS/c1-9(12)3-5-10-4-2-7-13-8-6-11;3*1-2/h10-11H,2-8H2,1H3;2*1-2H3;2H,1H2. The van der Waals surface area contributed by atoms with Gasteiger partial charge in [0.1, 0.15) is 5.78 Å². The molecule has 5 nitrogen and oxygen atoms in total. The van der Waals surface area contributed by atoms with Crippen LogP contribution in [0.3, 0.4) is 0 Å². The maximum atomic E-state index is 10.5. The number of hydrogen-bond donors (Lipinski definition) is 4. The summed E-state index contributed by atoms with van der Waals surface area (Å²) in [5.41, 5.74) is 0. The van der Waals surface area contributed by atoms with Crippen molar-refractivity contribution in [3.8, 4) is 0 Å². The minimum atomic E-state index is 0.0811.